The number of rotatable bonds is 5. The number of nitrogens with one attached hydrogen (secondary N) is 1. The number of hydrogen-bond acceptors (Lipinski definition) is 5. The van der Waals surface area contributed by atoms with Gasteiger partial charge in [0.15, 0.2) is 10.8 Å². The Morgan fingerprint density at radius 3 is 2.58 bits per heavy atom. The van der Waals surface area contributed by atoms with Crippen LogP contribution in [-0.4, -0.2) is 31.0 Å². The molecule has 33 heavy (non-hydrogen) atoms. The fourth-order valence-electron chi connectivity index (χ4n) is 3.73. The van der Waals surface area contributed by atoms with Crippen molar-refractivity contribution in [1.29, 1.82) is 0 Å². The molecule has 11 heteroatoms. The number of amides is 1. The quantitative estimate of drug-likeness (QED) is 0.452. The number of hydrogen-bond donors (Lipinski definition) is 1. The maximum absolute atomic E-state index is 13.8. The van der Waals surface area contributed by atoms with Crippen LogP contribution in [0.4, 0.5) is 13.2 Å². The highest BCUT2D eigenvalue weighted by Gasteiger charge is 2.29. The molecule has 1 amide bonds. The summed E-state index contributed by atoms with van der Waals surface area (Å²) in [6, 6.07) is 8.68. The Morgan fingerprint density at radius 1 is 1.12 bits per heavy atom. The van der Waals surface area contributed by atoms with Crippen LogP contribution in [-0.2, 0) is 11.3 Å². The van der Waals surface area contributed by atoms with Gasteiger partial charge in [0.2, 0.25) is 5.91 Å². The van der Waals surface area contributed by atoms with Gasteiger partial charge >= 0.3 is 0 Å². The summed E-state index contributed by atoms with van der Waals surface area (Å²) < 4.78 is 43.7. The summed E-state index contributed by atoms with van der Waals surface area (Å²) in [5, 5.41) is 7.44. The van der Waals surface area contributed by atoms with Crippen LogP contribution in [0.2, 0.25) is 0 Å². The topological polar surface area (TPSA) is 81.8 Å². The van der Waals surface area contributed by atoms with E-state index in [-0.39, 0.29) is 29.5 Å². The van der Waals surface area contributed by atoms with Gasteiger partial charge in [0.05, 0.1) is 17.9 Å². The Labute approximate surface area is 189 Å². The lowest BCUT2D eigenvalue weighted by Crippen LogP contribution is -2.31. The predicted octanol–water partition coefficient (Wildman–Crippen LogP) is 3.35. The first kappa shape index (κ1) is 21.3. The lowest BCUT2D eigenvalue weighted by Gasteiger charge is -2.14. The summed E-state index contributed by atoms with van der Waals surface area (Å²) in [5.74, 6) is -1.86. The Balaban J connectivity index is 1.38. The van der Waals surface area contributed by atoms with Gasteiger partial charge in [0.25, 0.3) is 5.56 Å². The van der Waals surface area contributed by atoms with Crippen molar-refractivity contribution in [3.05, 3.63) is 82.0 Å². The van der Waals surface area contributed by atoms with Crippen molar-refractivity contribution in [2.75, 3.05) is 5.75 Å². The van der Waals surface area contributed by atoms with Crippen LogP contribution in [0.3, 0.4) is 0 Å². The highest BCUT2D eigenvalue weighted by atomic mass is 32.2. The minimum atomic E-state index is -0.738. The van der Waals surface area contributed by atoms with Gasteiger partial charge in [-0.3, -0.25) is 14.2 Å². The smallest absolute Gasteiger partial charge is 0.265 e. The first-order valence-electron chi connectivity index (χ1n) is 10.0. The number of halogens is 3. The molecule has 0 spiro atoms. The SMILES string of the molecule is O=C(CC1CSc2nc3c(cnn3-c3ccc(F)cc3)c(=O)n21)NCc1c(F)cccc1F. The monoisotopic (exact) mass is 471 g/mol. The van der Waals surface area contributed by atoms with Gasteiger partial charge in [-0.25, -0.2) is 22.8 Å². The molecule has 4 aromatic rings. The van der Waals surface area contributed by atoms with Crippen molar-refractivity contribution < 1.29 is 18.0 Å². The fraction of sp³-hybridized carbons (Fsp3) is 0.182. The molecule has 7 nitrogen and oxygen atoms in total. The van der Waals surface area contributed by atoms with Crippen LogP contribution >= 0.6 is 11.8 Å². The molecule has 0 fully saturated rings. The molecule has 1 N–H and O–H groups in total. The molecule has 2 aromatic heterocycles. The molecule has 168 valence electrons. The molecule has 1 unspecified atom stereocenters. The van der Waals surface area contributed by atoms with Gasteiger partial charge in [-0.2, -0.15) is 5.10 Å². The van der Waals surface area contributed by atoms with E-state index < -0.39 is 29.4 Å². The highest BCUT2D eigenvalue weighted by molar-refractivity contribution is 7.99. The molecular formula is C22H16F3N5O2S. The number of benzene rings is 2. The number of carbonyl (C=O) groups excluding carboxylic acids is 1. The largest absolute Gasteiger partial charge is 0.352 e. The first-order chi connectivity index (χ1) is 15.9. The number of fused-ring (bicyclic) bond motifs is 2. The van der Waals surface area contributed by atoms with Crippen molar-refractivity contribution >= 4 is 28.7 Å². The predicted molar refractivity (Wildman–Crippen MR) is 116 cm³/mol. The Morgan fingerprint density at radius 2 is 1.85 bits per heavy atom. The van der Waals surface area contributed by atoms with Crippen molar-refractivity contribution in [3.63, 3.8) is 0 Å². The van der Waals surface area contributed by atoms with Crippen LogP contribution in [0.5, 0.6) is 0 Å². The zero-order valence-electron chi connectivity index (χ0n) is 17.0. The summed E-state index contributed by atoms with van der Waals surface area (Å²) >= 11 is 1.33. The van der Waals surface area contributed by atoms with Gasteiger partial charge < -0.3 is 5.32 Å². The molecule has 2 aromatic carbocycles. The standard InChI is InChI=1S/C22H16F3N5O2S/c23-12-4-6-13(7-5-12)30-20-16(10-27-30)21(32)29-14(11-33-22(29)28-20)8-19(31)26-9-15-17(24)2-1-3-18(15)25/h1-7,10,14H,8-9,11H2,(H,26,31). The number of thioether (sulfide) groups is 1. The summed E-state index contributed by atoms with van der Waals surface area (Å²) in [7, 11) is 0. The molecule has 5 rings (SSSR count). The Kier molecular flexibility index (Phi) is 5.41. The lowest BCUT2D eigenvalue weighted by molar-refractivity contribution is -0.121. The van der Waals surface area contributed by atoms with Crippen LogP contribution in [0.15, 0.2) is 58.6 Å². The van der Waals surface area contributed by atoms with Crippen LogP contribution in [0.1, 0.15) is 18.0 Å². The van der Waals surface area contributed by atoms with Crippen molar-refractivity contribution in [2.45, 2.75) is 24.2 Å². The van der Waals surface area contributed by atoms with Crippen molar-refractivity contribution in [3.8, 4) is 5.69 Å². The van der Waals surface area contributed by atoms with E-state index in [0.717, 1.165) is 12.1 Å². The van der Waals surface area contributed by atoms with E-state index in [1.165, 1.54) is 57.5 Å². The van der Waals surface area contributed by atoms with E-state index in [1.54, 1.807) is 0 Å². The van der Waals surface area contributed by atoms with Gasteiger partial charge in [-0.1, -0.05) is 17.8 Å². The van der Waals surface area contributed by atoms with Crippen LogP contribution in [0.25, 0.3) is 16.7 Å². The third-order valence-electron chi connectivity index (χ3n) is 5.39. The number of carbonyl (C=O) groups is 1. The highest BCUT2D eigenvalue weighted by Crippen LogP contribution is 2.33. The minimum Gasteiger partial charge on any atom is -0.352 e. The molecule has 0 saturated carbocycles. The molecule has 3 heterocycles. The molecular weight excluding hydrogens is 455 g/mol. The normalized spacial score (nSPS) is 15.1. The second-order valence-corrected chi connectivity index (χ2v) is 8.47. The second kappa shape index (κ2) is 8.39. The Hall–Kier alpha value is -3.60. The van der Waals surface area contributed by atoms with E-state index >= 15 is 0 Å². The van der Waals surface area contributed by atoms with Gasteiger partial charge in [0, 0.05) is 24.3 Å². The number of nitrogens with zero attached hydrogens (tertiary/aromatic N) is 4. The third-order valence-corrected chi connectivity index (χ3v) is 6.48. The van der Waals surface area contributed by atoms with Crippen LogP contribution in [0, 0.1) is 17.5 Å². The lowest BCUT2D eigenvalue weighted by atomic mass is 10.1. The maximum Gasteiger partial charge on any atom is 0.265 e. The van der Waals surface area contributed by atoms with E-state index in [1.807, 2.05) is 0 Å². The van der Waals surface area contributed by atoms with E-state index in [9.17, 15) is 22.8 Å². The molecule has 0 bridgehead atoms. The van der Waals surface area contributed by atoms with Gasteiger partial charge in [-0.05, 0) is 36.4 Å². The van der Waals surface area contributed by atoms with Crippen molar-refractivity contribution in [2.24, 2.45) is 0 Å². The third kappa shape index (κ3) is 3.88. The molecule has 0 aliphatic carbocycles. The summed E-state index contributed by atoms with van der Waals surface area (Å²) in [6.07, 6.45) is 1.34. The van der Waals surface area contributed by atoms with E-state index in [4.69, 9.17) is 0 Å². The molecule has 1 aliphatic heterocycles. The average Bonchev–Trinajstić information content (AvgIpc) is 3.39. The second-order valence-electron chi connectivity index (χ2n) is 7.49. The summed E-state index contributed by atoms with van der Waals surface area (Å²) in [5.41, 5.74) is 0.333. The summed E-state index contributed by atoms with van der Waals surface area (Å²) in [4.78, 5) is 30.1. The maximum atomic E-state index is 13.8. The van der Waals surface area contributed by atoms with E-state index in [0.29, 0.717) is 22.2 Å². The van der Waals surface area contributed by atoms with Crippen molar-refractivity contribution in [1.82, 2.24) is 24.6 Å². The zero-order valence-corrected chi connectivity index (χ0v) is 17.8. The fourth-order valence-corrected chi connectivity index (χ4v) is 4.86. The molecule has 1 aliphatic rings. The molecule has 0 saturated heterocycles. The zero-order chi connectivity index (χ0) is 23.1. The van der Waals surface area contributed by atoms with Crippen LogP contribution < -0.4 is 10.9 Å². The summed E-state index contributed by atoms with van der Waals surface area (Å²) in [6.45, 7) is -0.291. The first-order valence-corrected chi connectivity index (χ1v) is 11.0. The van der Waals surface area contributed by atoms with Gasteiger partial charge in [-0.15, -0.1) is 0 Å². The van der Waals surface area contributed by atoms with E-state index in [2.05, 4.69) is 15.4 Å². The minimum absolute atomic E-state index is 0.0464. The molecule has 0 radical (unpaired) electrons. The molecule has 1 atom stereocenters. The van der Waals surface area contributed by atoms with Gasteiger partial charge in [0.1, 0.15) is 22.8 Å². The Bertz CT molecular complexity index is 1410. The number of aromatic nitrogens is 4. The average molecular weight is 471 g/mol.